The predicted molar refractivity (Wildman–Crippen MR) is 112 cm³/mol. The van der Waals surface area contributed by atoms with Gasteiger partial charge in [-0.05, 0) is 48.4 Å². The lowest BCUT2D eigenvalue weighted by atomic mass is 10.1. The van der Waals surface area contributed by atoms with Crippen molar-refractivity contribution in [2.45, 2.75) is 18.9 Å². The number of carboxylic acid groups (broad SMARTS) is 1. The Morgan fingerprint density at radius 1 is 1.12 bits per heavy atom. The molecule has 0 aliphatic carbocycles. The van der Waals surface area contributed by atoms with E-state index in [0.717, 1.165) is 28.7 Å². The third kappa shape index (κ3) is 5.18. The number of carbonyl (C=O) groups is 4. The number of carbonyl (C=O) groups excluding carboxylic acids is 3. The highest BCUT2D eigenvalue weighted by Gasteiger charge is 2.43. The first-order valence-corrected chi connectivity index (χ1v) is 9.77. The van der Waals surface area contributed by atoms with Crippen LogP contribution < -0.4 is 9.64 Å². The lowest BCUT2D eigenvalue weighted by Gasteiger charge is -2.26. The molecule has 1 heterocycles. The van der Waals surface area contributed by atoms with Crippen molar-refractivity contribution in [1.29, 1.82) is 0 Å². The standard InChI is InChI=1S/C23H21FN2O6/c1-32-18-8-2-15(3-9-18)12-13-25(20(27)10-11-22(29)30)19-14-21(28)26(23(19)31)17-6-4-16(24)5-7-17/h2-11,19H,12-14H2,1H3,(H,29,30). The topological polar surface area (TPSA) is 104 Å². The Morgan fingerprint density at radius 3 is 2.38 bits per heavy atom. The van der Waals surface area contributed by atoms with E-state index in [2.05, 4.69) is 0 Å². The predicted octanol–water partition coefficient (Wildman–Crippen LogP) is 2.18. The first-order valence-electron chi connectivity index (χ1n) is 9.77. The maximum absolute atomic E-state index is 13.2. The molecule has 0 saturated carbocycles. The van der Waals surface area contributed by atoms with Gasteiger partial charge in [0.15, 0.2) is 0 Å². The van der Waals surface area contributed by atoms with Gasteiger partial charge >= 0.3 is 5.97 Å². The molecule has 1 aliphatic heterocycles. The number of hydrogen-bond acceptors (Lipinski definition) is 5. The van der Waals surface area contributed by atoms with Crippen molar-refractivity contribution in [3.63, 3.8) is 0 Å². The van der Waals surface area contributed by atoms with Crippen LogP contribution in [0.15, 0.2) is 60.7 Å². The van der Waals surface area contributed by atoms with E-state index < -0.39 is 35.5 Å². The fraction of sp³-hybridized carbons (Fsp3) is 0.217. The number of aliphatic carboxylic acids is 1. The minimum absolute atomic E-state index is 0.0794. The first-order chi connectivity index (χ1) is 15.3. The molecule has 1 aliphatic rings. The Balaban J connectivity index is 1.83. The quantitative estimate of drug-likeness (QED) is 0.499. The zero-order valence-electron chi connectivity index (χ0n) is 17.2. The van der Waals surface area contributed by atoms with E-state index >= 15 is 0 Å². The van der Waals surface area contributed by atoms with Crippen LogP contribution in [0.3, 0.4) is 0 Å². The van der Waals surface area contributed by atoms with Crippen LogP contribution in [0, 0.1) is 5.82 Å². The largest absolute Gasteiger partial charge is 0.497 e. The second kappa shape index (κ2) is 9.86. The van der Waals surface area contributed by atoms with Crippen molar-refractivity contribution in [2.75, 3.05) is 18.6 Å². The molecule has 0 radical (unpaired) electrons. The average molecular weight is 440 g/mol. The average Bonchev–Trinajstić information content (AvgIpc) is 3.07. The molecule has 1 unspecified atom stereocenters. The maximum atomic E-state index is 13.2. The normalized spacial score (nSPS) is 15.9. The summed E-state index contributed by atoms with van der Waals surface area (Å²) in [6.45, 7) is 0.0794. The Hall–Kier alpha value is -4.01. The number of hydrogen-bond donors (Lipinski definition) is 1. The number of anilines is 1. The minimum atomic E-state index is -1.31. The maximum Gasteiger partial charge on any atom is 0.328 e. The Morgan fingerprint density at radius 2 is 1.78 bits per heavy atom. The first kappa shape index (κ1) is 22.7. The van der Waals surface area contributed by atoms with Crippen molar-refractivity contribution < 1.29 is 33.4 Å². The molecule has 0 bridgehead atoms. The van der Waals surface area contributed by atoms with E-state index in [1.165, 1.54) is 17.0 Å². The van der Waals surface area contributed by atoms with Gasteiger partial charge in [0, 0.05) is 18.7 Å². The summed E-state index contributed by atoms with van der Waals surface area (Å²) >= 11 is 0. The zero-order valence-corrected chi connectivity index (χ0v) is 17.2. The molecular formula is C23H21FN2O6. The summed E-state index contributed by atoms with van der Waals surface area (Å²) < 4.78 is 18.3. The van der Waals surface area contributed by atoms with Gasteiger partial charge in [-0.2, -0.15) is 0 Å². The van der Waals surface area contributed by atoms with Crippen LogP contribution in [0.5, 0.6) is 5.75 Å². The third-order valence-electron chi connectivity index (χ3n) is 5.04. The van der Waals surface area contributed by atoms with Crippen molar-refractivity contribution in [2.24, 2.45) is 0 Å². The van der Waals surface area contributed by atoms with E-state index in [-0.39, 0.29) is 18.7 Å². The summed E-state index contributed by atoms with van der Waals surface area (Å²) in [6.07, 6.45) is 1.65. The lowest BCUT2D eigenvalue weighted by Crippen LogP contribution is -2.46. The number of ether oxygens (including phenoxy) is 1. The molecule has 2 aromatic rings. The smallest absolute Gasteiger partial charge is 0.328 e. The molecule has 1 N–H and O–H groups in total. The van der Waals surface area contributed by atoms with E-state index in [0.29, 0.717) is 18.2 Å². The second-order valence-corrected chi connectivity index (χ2v) is 7.07. The van der Waals surface area contributed by atoms with E-state index in [1.807, 2.05) is 0 Å². The van der Waals surface area contributed by atoms with Gasteiger partial charge in [0.2, 0.25) is 11.8 Å². The van der Waals surface area contributed by atoms with Gasteiger partial charge in [-0.1, -0.05) is 12.1 Å². The molecule has 9 heteroatoms. The van der Waals surface area contributed by atoms with Gasteiger partial charge in [0.1, 0.15) is 17.6 Å². The molecule has 166 valence electrons. The Kier molecular flexibility index (Phi) is 6.99. The number of rotatable bonds is 8. The van der Waals surface area contributed by atoms with Gasteiger partial charge in [0.25, 0.3) is 5.91 Å². The number of carboxylic acids is 1. The summed E-state index contributed by atoms with van der Waals surface area (Å²) in [5, 5.41) is 8.84. The van der Waals surface area contributed by atoms with Crippen LogP contribution in [-0.2, 0) is 25.6 Å². The summed E-state index contributed by atoms with van der Waals surface area (Å²) in [4.78, 5) is 51.3. The number of halogens is 1. The van der Waals surface area contributed by atoms with Gasteiger partial charge in [-0.15, -0.1) is 0 Å². The molecular weight excluding hydrogens is 419 g/mol. The molecule has 1 saturated heterocycles. The molecule has 1 fully saturated rings. The highest BCUT2D eigenvalue weighted by molar-refractivity contribution is 6.23. The van der Waals surface area contributed by atoms with E-state index in [9.17, 15) is 23.6 Å². The number of imide groups is 1. The van der Waals surface area contributed by atoms with Crippen molar-refractivity contribution in [3.8, 4) is 5.75 Å². The number of nitrogens with zero attached hydrogens (tertiary/aromatic N) is 2. The minimum Gasteiger partial charge on any atom is -0.497 e. The van der Waals surface area contributed by atoms with E-state index in [4.69, 9.17) is 9.84 Å². The van der Waals surface area contributed by atoms with E-state index in [1.54, 1.807) is 31.4 Å². The number of benzene rings is 2. The number of amides is 3. The molecule has 32 heavy (non-hydrogen) atoms. The lowest BCUT2D eigenvalue weighted by molar-refractivity contribution is -0.135. The zero-order chi connectivity index (χ0) is 23.3. The molecule has 3 rings (SSSR count). The molecule has 0 aromatic heterocycles. The summed E-state index contributed by atoms with van der Waals surface area (Å²) in [6, 6.07) is 10.9. The molecule has 1 atom stereocenters. The molecule has 8 nitrogen and oxygen atoms in total. The molecule has 3 amide bonds. The van der Waals surface area contributed by atoms with Crippen LogP contribution in [0.25, 0.3) is 0 Å². The highest BCUT2D eigenvalue weighted by Crippen LogP contribution is 2.26. The Bertz CT molecular complexity index is 1050. The second-order valence-electron chi connectivity index (χ2n) is 7.07. The summed E-state index contributed by atoms with van der Waals surface area (Å²) in [7, 11) is 1.54. The summed E-state index contributed by atoms with van der Waals surface area (Å²) in [5.74, 6) is -3.02. The SMILES string of the molecule is COc1ccc(CCN(C(=O)C=CC(=O)O)C2CC(=O)N(c3ccc(F)cc3)C2=O)cc1. The fourth-order valence-electron chi connectivity index (χ4n) is 3.42. The van der Waals surface area contributed by atoms with Crippen LogP contribution in [0.4, 0.5) is 10.1 Å². The molecule has 2 aromatic carbocycles. The van der Waals surface area contributed by atoms with Gasteiger partial charge in [0.05, 0.1) is 19.2 Å². The van der Waals surface area contributed by atoms with Gasteiger partial charge in [-0.3, -0.25) is 14.4 Å². The van der Waals surface area contributed by atoms with Crippen molar-refractivity contribution in [3.05, 3.63) is 72.1 Å². The molecule has 0 spiro atoms. The van der Waals surface area contributed by atoms with Crippen molar-refractivity contribution >= 4 is 29.4 Å². The van der Waals surface area contributed by atoms with Crippen LogP contribution in [0.2, 0.25) is 0 Å². The monoisotopic (exact) mass is 440 g/mol. The van der Waals surface area contributed by atoms with Gasteiger partial charge in [-0.25, -0.2) is 14.1 Å². The van der Waals surface area contributed by atoms with Gasteiger partial charge < -0.3 is 14.7 Å². The third-order valence-corrected chi connectivity index (χ3v) is 5.04. The van der Waals surface area contributed by atoms with Crippen LogP contribution in [0.1, 0.15) is 12.0 Å². The highest BCUT2D eigenvalue weighted by atomic mass is 19.1. The number of methoxy groups -OCH3 is 1. The van der Waals surface area contributed by atoms with Crippen LogP contribution in [-0.4, -0.2) is 53.4 Å². The Labute approximate surface area is 183 Å². The van der Waals surface area contributed by atoms with Crippen LogP contribution >= 0.6 is 0 Å². The fourth-order valence-corrected chi connectivity index (χ4v) is 3.42. The van der Waals surface area contributed by atoms with Crippen molar-refractivity contribution in [1.82, 2.24) is 4.90 Å². The summed E-state index contributed by atoms with van der Waals surface area (Å²) in [5.41, 5.74) is 1.06.